The first kappa shape index (κ1) is 14.2. The number of nitrogens with two attached hydrogens (primary N) is 1. The number of benzene rings is 1. The van der Waals surface area contributed by atoms with Crippen molar-refractivity contribution in [1.82, 2.24) is 5.32 Å². The number of piperidine rings is 1. The Balaban J connectivity index is 2.08. The van der Waals surface area contributed by atoms with Gasteiger partial charge in [0, 0.05) is 12.6 Å². The first-order valence-electron chi connectivity index (χ1n) is 6.00. The van der Waals surface area contributed by atoms with E-state index in [0.29, 0.717) is 12.8 Å². The van der Waals surface area contributed by atoms with E-state index in [9.17, 15) is 12.8 Å². The number of halogens is 1. The number of primary sulfonamides is 1. The average Bonchev–Trinajstić information content (AvgIpc) is 2.38. The number of nitrogens with one attached hydrogen (secondary N) is 1. The Labute approximate surface area is 112 Å². The quantitative estimate of drug-likeness (QED) is 0.866. The van der Waals surface area contributed by atoms with Crippen molar-refractivity contribution < 1.29 is 17.5 Å². The molecule has 1 aliphatic rings. The Hall–Kier alpha value is -1.18. The molecule has 1 aromatic rings. The summed E-state index contributed by atoms with van der Waals surface area (Å²) < 4.78 is 40.9. The van der Waals surface area contributed by atoms with E-state index in [2.05, 4.69) is 5.32 Å². The first-order valence-corrected chi connectivity index (χ1v) is 7.61. The third-order valence-electron chi connectivity index (χ3n) is 3.41. The summed E-state index contributed by atoms with van der Waals surface area (Å²) in [7, 11) is -2.10. The first-order chi connectivity index (χ1) is 8.91. The standard InChI is InChI=1S/C12H17FN2O3S/c1-18-12-5-2-8(6-10(12)13)11-4-3-9(7-15-11)19(14,16)17/h2,5-6,9,11,15H,3-4,7H2,1H3,(H2,14,16,17). The summed E-state index contributed by atoms with van der Waals surface area (Å²) in [6.45, 7) is 0.289. The van der Waals surface area contributed by atoms with Gasteiger partial charge in [-0.25, -0.2) is 17.9 Å². The van der Waals surface area contributed by atoms with Gasteiger partial charge in [-0.05, 0) is 30.5 Å². The maximum absolute atomic E-state index is 13.6. The van der Waals surface area contributed by atoms with Gasteiger partial charge in [0.1, 0.15) is 0 Å². The minimum absolute atomic E-state index is 0.0570. The second-order valence-corrected chi connectivity index (χ2v) is 6.49. The van der Waals surface area contributed by atoms with Crippen molar-refractivity contribution in [2.45, 2.75) is 24.1 Å². The minimum atomic E-state index is -3.51. The molecule has 0 aliphatic carbocycles. The van der Waals surface area contributed by atoms with Crippen LogP contribution in [0.2, 0.25) is 0 Å². The number of ether oxygens (including phenoxy) is 1. The fraction of sp³-hybridized carbons (Fsp3) is 0.500. The van der Waals surface area contributed by atoms with Crippen LogP contribution >= 0.6 is 0 Å². The van der Waals surface area contributed by atoms with Crippen LogP contribution in [-0.2, 0) is 10.0 Å². The summed E-state index contributed by atoms with van der Waals surface area (Å²) >= 11 is 0. The molecule has 0 spiro atoms. The van der Waals surface area contributed by atoms with Crippen LogP contribution in [0.15, 0.2) is 18.2 Å². The average molecular weight is 288 g/mol. The van der Waals surface area contributed by atoms with Crippen LogP contribution in [0.1, 0.15) is 24.4 Å². The van der Waals surface area contributed by atoms with E-state index in [4.69, 9.17) is 9.88 Å². The van der Waals surface area contributed by atoms with Gasteiger partial charge in [-0.15, -0.1) is 0 Å². The summed E-state index contributed by atoms with van der Waals surface area (Å²) in [6.07, 6.45) is 1.08. The lowest BCUT2D eigenvalue weighted by Crippen LogP contribution is -2.43. The SMILES string of the molecule is COc1ccc(C2CCC(S(N)(=O)=O)CN2)cc1F. The summed E-state index contributed by atoms with van der Waals surface area (Å²) in [5, 5.41) is 7.64. The number of rotatable bonds is 3. The van der Waals surface area contributed by atoms with Gasteiger partial charge in [0.25, 0.3) is 0 Å². The van der Waals surface area contributed by atoms with Crippen molar-refractivity contribution in [2.24, 2.45) is 5.14 Å². The van der Waals surface area contributed by atoms with Gasteiger partial charge in [-0.2, -0.15) is 0 Å². The third kappa shape index (κ3) is 3.23. The smallest absolute Gasteiger partial charge is 0.213 e. The molecule has 5 nitrogen and oxygen atoms in total. The summed E-state index contributed by atoms with van der Waals surface area (Å²) in [5.41, 5.74) is 0.783. The van der Waals surface area contributed by atoms with Crippen molar-refractivity contribution in [3.63, 3.8) is 0 Å². The molecule has 1 aliphatic heterocycles. The summed E-state index contributed by atoms with van der Waals surface area (Å²) in [6, 6.07) is 4.70. The molecule has 2 atom stereocenters. The maximum Gasteiger partial charge on any atom is 0.213 e. The topological polar surface area (TPSA) is 81.4 Å². The molecule has 0 bridgehead atoms. The van der Waals surface area contributed by atoms with Gasteiger partial charge in [0.2, 0.25) is 10.0 Å². The van der Waals surface area contributed by atoms with Crippen LogP contribution in [0.4, 0.5) is 4.39 Å². The highest BCUT2D eigenvalue weighted by Crippen LogP contribution is 2.28. The summed E-state index contributed by atoms with van der Waals surface area (Å²) in [5.74, 6) is -0.225. The van der Waals surface area contributed by atoms with Gasteiger partial charge in [0.15, 0.2) is 11.6 Å². The lowest BCUT2D eigenvalue weighted by atomic mass is 9.97. The molecule has 3 N–H and O–H groups in total. The zero-order chi connectivity index (χ0) is 14.0. The number of hydrogen-bond acceptors (Lipinski definition) is 4. The van der Waals surface area contributed by atoms with Crippen LogP contribution in [0, 0.1) is 5.82 Å². The normalized spacial score (nSPS) is 24.2. The van der Waals surface area contributed by atoms with Crippen LogP contribution < -0.4 is 15.2 Å². The predicted molar refractivity (Wildman–Crippen MR) is 69.8 cm³/mol. The Morgan fingerprint density at radius 3 is 2.63 bits per heavy atom. The van der Waals surface area contributed by atoms with E-state index in [1.165, 1.54) is 13.2 Å². The Morgan fingerprint density at radius 1 is 1.42 bits per heavy atom. The largest absolute Gasteiger partial charge is 0.494 e. The third-order valence-corrected chi connectivity index (χ3v) is 4.74. The molecule has 0 amide bonds. The molecular formula is C12H17FN2O3S. The highest BCUT2D eigenvalue weighted by molar-refractivity contribution is 7.89. The van der Waals surface area contributed by atoms with Crippen LogP contribution in [0.5, 0.6) is 5.75 Å². The van der Waals surface area contributed by atoms with E-state index < -0.39 is 21.1 Å². The molecule has 0 saturated carbocycles. The molecule has 106 valence electrons. The molecule has 1 heterocycles. The second kappa shape index (κ2) is 5.44. The van der Waals surface area contributed by atoms with Crippen LogP contribution in [0.25, 0.3) is 0 Å². The summed E-state index contributed by atoms with van der Waals surface area (Å²) in [4.78, 5) is 0. The molecule has 1 saturated heterocycles. The van der Waals surface area contributed by atoms with E-state index in [1.807, 2.05) is 0 Å². The lowest BCUT2D eigenvalue weighted by molar-refractivity contribution is 0.381. The highest BCUT2D eigenvalue weighted by Gasteiger charge is 2.28. The fourth-order valence-electron chi connectivity index (χ4n) is 2.29. The highest BCUT2D eigenvalue weighted by atomic mass is 32.2. The second-order valence-electron chi connectivity index (χ2n) is 4.64. The van der Waals surface area contributed by atoms with E-state index in [-0.39, 0.29) is 18.3 Å². The molecule has 2 rings (SSSR count). The molecule has 0 radical (unpaired) electrons. The molecule has 7 heteroatoms. The molecule has 1 fully saturated rings. The minimum Gasteiger partial charge on any atom is -0.494 e. The Morgan fingerprint density at radius 2 is 2.16 bits per heavy atom. The zero-order valence-corrected chi connectivity index (χ0v) is 11.4. The van der Waals surface area contributed by atoms with E-state index >= 15 is 0 Å². The predicted octanol–water partition coefficient (Wildman–Crippen LogP) is 0.916. The van der Waals surface area contributed by atoms with Crippen molar-refractivity contribution in [2.75, 3.05) is 13.7 Å². The number of hydrogen-bond donors (Lipinski definition) is 2. The van der Waals surface area contributed by atoms with Gasteiger partial charge in [-0.3, -0.25) is 0 Å². The van der Waals surface area contributed by atoms with Crippen molar-refractivity contribution >= 4 is 10.0 Å². The molecule has 2 unspecified atom stereocenters. The Kier molecular flexibility index (Phi) is 4.07. The van der Waals surface area contributed by atoms with Crippen molar-refractivity contribution in [3.05, 3.63) is 29.6 Å². The van der Waals surface area contributed by atoms with Crippen LogP contribution in [0.3, 0.4) is 0 Å². The maximum atomic E-state index is 13.6. The number of sulfonamides is 1. The van der Waals surface area contributed by atoms with Gasteiger partial charge >= 0.3 is 0 Å². The van der Waals surface area contributed by atoms with Crippen molar-refractivity contribution in [1.29, 1.82) is 0 Å². The molecule has 0 aromatic heterocycles. The van der Waals surface area contributed by atoms with Crippen molar-refractivity contribution in [3.8, 4) is 5.75 Å². The van der Waals surface area contributed by atoms with Crippen LogP contribution in [-0.4, -0.2) is 27.3 Å². The molecular weight excluding hydrogens is 271 g/mol. The molecule has 19 heavy (non-hydrogen) atoms. The fourth-order valence-corrected chi connectivity index (χ4v) is 3.09. The lowest BCUT2D eigenvalue weighted by Gasteiger charge is -2.29. The van der Waals surface area contributed by atoms with Gasteiger partial charge < -0.3 is 10.1 Å². The monoisotopic (exact) mass is 288 g/mol. The van der Waals surface area contributed by atoms with E-state index in [0.717, 1.165) is 5.56 Å². The van der Waals surface area contributed by atoms with Gasteiger partial charge in [-0.1, -0.05) is 6.07 Å². The Bertz CT molecular complexity index is 554. The number of methoxy groups -OCH3 is 1. The zero-order valence-electron chi connectivity index (χ0n) is 10.6. The van der Waals surface area contributed by atoms with E-state index in [1.54, 1.807) is 12.1 Å². The molecule has 1 aromatic carbocycles. The van der Waals surface area contributed by atoms with Gasteiger partial charge in [0.05, 0.1) is 12.4 Å².